The van der Waals surface area contributed by atoms with E-state index in [4.69, 9.17) is 10.5 Å². The first-order valence-electron chi connectivity index (χ1n) is 7.46. The van der Waals surface area contributed by atoms with Gasteiger partial charge in [0.25, 0.3) is 0 Å². The summed E-state index contributed by atoms with van der Waals surface area (Å²) in [6.07, 6.45) is 4.12. The smallest absolute Gasteiger partial charge is 0.0659 e. The molecule has 2 saturated heterocycles. The number of piperazine rings is 1. The minimum atomic E-state index is 0.0134. The maximum absolute atomic E-state index is 6.01. The van der Waals surface area contributed by atoms with Crippen molar-refractivity contribution in [2.45, 2.75) is 44.7 Å². The van der Waals surface area contributed by atoms with Crippen LogP contribution in [0.4, 0.5) is 0 Å². The Kier molecular flexibility index (Phi) is 5.01. The molecule has 0 aliphatic carbocycles. The Bertz CT molecular complexity index is 261. The molecule has 0 spiro atoms. The molecule has 2 atom stereocenters. The monoisotopic (exact) mass is 255 g/mol. The van der Waals surface area contributed by atoms with Crippen LogP contribution >= 0.6 is 0 Å². The van der Waals surface area contributed by atoms with Crippen LogP contribution in [0.15, 0.2) is 0 Å². The Balaban J connectivity index is 1.95. The standard InChI is InChI=1S/C14H29N3O/c1-3-18-12-14(2,11-15)17-9-8-16-7-5-4-6-13(16)10-17/h13H,3-12,15H2,1-2H3. The van der Waals surface area contributed by atoms with Gasteiger partial charge in [-0.3, -0.25) is 9.80 Å². The average Bonchev–Trinajstić information content (AvgIpc) is 2.44. The average molecular weight is 255 g/mol. The Labute approximate surface area is 111 Å². The normalized spacial score (nSPS) is 29.8. The maximum atomic E-state index is 6.01. The van der Waals surface area contributed by atoms with Crippen LogP contribution in [0.1, 0.15) is 33.1 Å². The Hall–Kier alpha value is -0.160. The van der Waals surface area contributed by atoms with Gasteiger partial charge in [-0.15, -0.1) is 0 Å². The van der Waals surface area contributed by atoms with Crippen molar-refractivity contribution in [3.05, 3.63) is 0 Å². The molecule has 4 heteroatoms. The lowest BCUT2D eigenvalue weighted by molar-refractivity contribution is -0.0411. The fraction of sp³-hybridized carbons (Fsp3) is 1.00. The molecule has 0 aromatic carbocycles. The summed E-state index contributed by atoms with van der Waals surface area (Å²) >= 11 is 0. The number of rotatable bonds is 5. The van der Waals surface area contributed by atoms with Crippen LogP contribution in [0.3, 0.4) is 0 Å². The zero-order chi connectivity index (χ0) is 13.0. The summed E-state index contributed by atoms with van der Waals surface area (Å²) in [7, 11) is 0. The van der Waals surface area contributed by atoms with Crippen molar-refractivity contribution in [3.8, 4) is 0 Å². The highest BCUT2D eigenvalue weighted by Crippen LogP contribution is 2.25. The van der Waals surface area contributed by atoms with Crippen LogP contribution in [-0.4, -0.2) is 67.3 Å². The van der Waals surface area contributed by atoms with Crippen molar-refractivity contribution in [2.24, 2.45) is 5.73 Å². The minimum absolute atomic E-state index is 0.0134. The first-order valence-corrected chi connectivity index (χ1v) is 7.46. The fourth-order valence-corrected chi connectivity index (χ4v) is 3.25. The van der Waals surface area contributed by atoms with E-state index in [-0.39, 0.29) is 5.54 Å². The van der Waals surface area contributed by atoms with Crippen molar-refractivity contribution in [3.63, 3.8) is 0 Å². The summed E-state index contributed by atoms with van der Waals surface area (Å²) in [5, 5.41) is 0. The number of hydrogen-bond donors (Lipinski definition) is 1. The lowest BCUT2D eigenvalue weighted by Crippen LogP contribution is -2.64. The van der Waals surface area contributed by atoms with E-state index in [1.807, 2.05) is 0 Å². The third-order valence-corrected chi connectivity index (χ3v) is 4.66. The number of nitrogens with zero attached hydrogens (tertiary/aromatic N) is 2. The molecule has 0 bridgehead atoms. The molecule has 0 aromatic heterocycles. The first-order chi connectivity index (χ1) is 8.69. The molecule has 2 fully saturated rings. The molecule has 18 heavy (non-hydrogen) atoms. The second-order valence-electron chi connectivity index (χ2n) is 5.97. The summed E-state index contributed by atoms with van der Waals surface area (Å²) in [4.78, 5) is 5.23. The van der Waals surface area contributed by atoms with Crippen molar-refractivity contribution < 1.29 is 4.74 Å². The summed E-state index contributed by atoms with van der Waals surface area (Å²) in [5.74, 6) is 0. The van der Waals surface area contributed by atoms with Crippen LogP contribution in [0.5, 0.6) is 0 Å². The largest absolute Gasteiger partial charge is 0.380 e. The molecule has 106 valence electrons. The number of piperidine rings is 1. The molecule has 2 N–H and O–H groups in total. The van der Waals surface area contributed by atoms with E-state index in [1.54, 1.807) is 0 Å². The fourth-order valence-electron chi connectivity index (χ4n) is 3.25. The zero-order valence-corrected chi connectivity index (χ0v) is 12.0. The highest BCUT2D eigenvalue weighted by atomic mass is 16.5. The molecule has 4 nitrogen and oxygen atoms in total. The highest BCUT2D eigenvalue weighted by molar-refractivity contribution is 4.94. The van der Waals surface area contributed by atoms with Crippen LogP contribution < -0.4 is 5.73 Å². The van der Waals surface area contributed by atoms with E-state index in [0.29, 0.717) is 6.54 Å². The Morgan fingerprint density at radius 3 is 2.83 bits per heavy atom. The molecule has 2 rings (SSSR count). The second-order valence-corrected chi connectivity index (χ2v) is 5.97. The van der Waals surface area contributed by atoms with Crippen LogP contribution in [0.25, 0.3) is 0 Å². The first kappa shape index (κ1) is 14.3. The topological polar surface area (TPSA) is 41.7 Å². The number of hydrogen-bond acceptors (Lipinski definition) is 4. The quantitative estimate of drug-likeness (QED) is 0.793. The lowest BCUT2D eigenvalue weighted by atomic mass is 9.94. The predicted molar refractivity (Wildman–Crippen MR) is 74.7 cm³/mol. The molecule has 0 saturated carbocycles. The molecule has 2 aliphatic heterocycles. The predicted octanol–water partition coefficient (Wildman–Crippen LogP) is 0.910. The molecule has 0 radical (unpaired) electrons. The molecular formula is C14H29N3O. The number of nitrogens with two attached hydrogens (primary N) is 1. The van der Waals surface area contributed by atoms with E-state index in [1.165, 1.54) is 38.9 Å². The number of fused-ring (bicyclic) bond motifs is 1. The van der Waals surface area contributed by atoms with Gasteiger partial charge in [-0.25, -0.2) is 0 Å². The Morgan fingerprint density at radius 2 is 2.11 bits per heavy atom. The van der Waals surface area contributed by atoms with Crippen molar-refractivity contribution >= 4 is 0 Å². The summed E-state index contributed by atoms with van der Waals surface area (Å²) < 4.78 is 5.64. The van der Waals surface area contributed by atoms with Gasteiger partial charge in [-0.2, -0.15) is 0 Å². The van der Waals surface area contributed by atoms with Gasteiger partial charge in [0.05, 0.1) is 12.1 Å². The highest BCUT2D eigenvalue weighted by Gasteiger charge is 2.37. The molecular weight excluding hydrogens is 226 g/mol. The number of ether oxygens (including phenoxy) is 1. The third kappa shape index (κ3) is 3.05. The summed E-state index contributed by atoms with van der Waals surface area (Å²) in [6.45, 7) is 11.3. The zero-order valence-electron chi connectivity index (χ0n) is 12.0. The van der Waals surface area contributed by atoms with Gasteiger partial charge in [0.2, 0.25) is 0 Å². The molecule has 2 aliphatic rings. The molecule has 0 aromatic rings. The van der Waals surface area contributed by atoms with Crippen LogP contribution in [-0.2, 0) is 4.74 Å². The van der Waals surface area contributed by atoms with Crippen LogP contribution in [0, 0.1) is 0 Å². The third-order valence-electron chi connectivity index (χ3n) is 4.66. The molecule has 2 heterocycles. The van der Waals surface area contributed by atoms with E-state index < -0.39 is 0 Å². The van der Waals surface area contributed by atoms with Gasteiger partial charge in [0.1, 0.15) is 0 Å². The summed E-state index contributed by atoms with van der Waals surface area (Å²) in [5.41, 5.74) is 6.02. The van der Waals surface area contributed by atoms with Crippen molar-refractivity contribution in [1.29, 1.82) is 0 Å². The SMILES string of the molecule is CCOCC(C)(CN)N1CCN2CCCCC2C1. The van der Waals surface area contributed by atoms with Crippen LogP contribution in [0.2, 0.25) is 0 Å². The van der Waals surface area contributed by atoms with Gasteiger partial charge >= 0.3 is 0 Å². The van der Waals surface area contributed by atoms with Gasteiger partial charge in [0, 0.05) is 38.8 Å². The molecule has 2 unspecified atom stereocenters. The minimum Gasteiger partial charge on any atom is -0.380 e. The lowest BCUT2D eigenvalue weighted by Gasteiger charge is -2.50. The van der Waals surface area contributed by atoms with E-state index in [9.17, 15) is 0 Å². The van der Waals surface area contributed by atoms with Crippen molar-refractivity contribution in [2.75, 3.05) is 45.9 Å². The van der Waals surface area contributed by atoms with Gasteiger partial charge in [-0.05, 0) is 33.2 Å². The Morgan fingerprint density at radius 1 is 1.28 bits per heavy atom. The molecule has 0 amide bonds. The van der Waals surface area contributed by atoms with Gasteiger partial charge < -0.3 is 10.5 Å². The summed E-state index contributed by atoms with van der Waals surface area (Å²) in [6, 6.07) is 0.750. The maximum Gasteiger partial charge on any atom is 0.0659 e. The van der Waals surface area contributed by atoms with E-state index in [0.717, 1.165) is 25.8 Å². The van der Waals surface area contributed by atoms with Gasteiger partial charge in [0.15, 0.2) is 0 Å². The van der Waals surface area contributed by atoms with E-state index in [2.05, 4.69) is 23.6 Å². The van der Waals surface area contributed by atoms with Gasteiger partial charge in [-0.1, -0.05) is 6.42 Å². The second kappa shape index (κ2) is 6.33. The van der Waals surface area contributed by atoms with Crippen molar-refractivity contribution in [1.82, 2.24) is 9.80 Å². The van der Waals surface area contributed by atoms with E-state index >= 15 is 0 Å².